The van der Waals surface area contributed by atoms with Gasteiger partial charge in [0.05, 0.1) is 12.6 Å². The first-order valence-corrected chi connectivity index (χ1v) is 6.45. The van der Waals surface area contributed by atoms with E-state index in [1.54, 1.807) is 0 Å². The Labute approximate surface area is 108 Å². The largest absolute Gasteiger partial charge is 0.390 e. The molecule has 18 heavy (non-hydrogen) atoms. The van der Waals surface area contributed by atoms with Gasteiger partial charge in [0.15, 0.2) is 0 Å². The molecule has 2 N–H and O–H groups in total. The van der Waals surface area contributed by atoms with Gasteiger partial charge in [-0.15, -0.1) is 0 Å². The average molecular weight is 248 g/mol. The molecule has 1 amide bonds. The molecule has 1 aliphatic rings. The van der Waals surface area contributed by atoms with Crippen molar-refractivity contribution in [1.29, 1.82) is 0 Å². The molecule has 0 atom stereocenters. The van der Waals surface area contributed by atoms with Crippen molar-refractivity contribution in [2.75, 3.05) is 26.2 Å². The Morgan fingerprint density at radius 1 is 1.33 bits per heavy atom. The van der Waals surface area contributed by atoms with Crippen LogP contribution in [0.15, 0.2) is 30.3 Å². The van der Waals surface area contributed by atoms with Crippen molar-refractivity contribution in [3.63, 3.8) is 0 Å². The van der Waals surface area contributed by atoms with E-state index in [9.17, 15) is 4.79 Å². The third-order valence-electron chi connectivity index (χ3n) is 3.11. The Morgan fingerprint density at radius 2 is 2.06 bits per heavy atom. The van der Waals surface area contributed by atoms with Crippen LogP contribution in [-0.4, -0.2) is 48.2 Å². The predicted octanol–water partition coefficient (Wildman–Crippen LogP) is 0.412. The molecule has 0 unspecified atom stereocenters. The number of carbonyl (C=O) groups is 1. The van der Waals surface area contributed by atoms with Crippen molar-refractivity contribution in [2.24, 2.45) is 0 Å². The maximum absolute atomic E-state index is 11.5. The van der Waals surface area contributed by atoms with Crippen LogP contribution >= 0.6 is 0 Å². The number of rotatable bonds is 6. The van der Waals surface area contributed by atoms with Crippen molar-refractivity contribution in [3.8, 4) is 0 Å². The molecule has 0 saturated carbocycles. The number of amides is 1. The van der Waals surface area contributed by atoms with Gasteiger partial charge >= 0.3 is 0 Å². The van der Waals surface area contributed by atoms with Gasteiger partial charge in [-0.3, -0.25) is 9.69 Å². The van der Waals surface area contributed by atoms with Crippen LogP contribution < -0.4 is 5.32 Å². The number of aliphatic hydroxyl groups excluding tert-OH is 1. The number of hydrogen-bond acceptors (Lipinski definition) is 3. The second kappa shape index (κ2) is 6.52. The fourth-order valence-corrected chi connectivity index (χ4v) is 2.10. The van der Waals surface area contributed by atoms with E-state index >= 15 is 0 Å². The highest BCUT2D eigenvalue weighted by molar-refractivity contribution is 5.78. The standard InChI is InChI=1S/C14H20N2O2/c17-13-9-16(10-13)11-14(18)15-8-4-7-12-5-2-1-3-6-12/h1-3,5-6,13,17H,4,7-11H2,(H,15,18). The van der Waals surface area contributed by atoms with Gasteiger partial charge in [0, 0.05) is 19.6 Å². The fourth-order valence-electron chi connectivity index (χ4n) is 2.10. The summed E-state index contributed by atoms with van der Waals surface area (Å²) >= 11 is 0. The lowest BCUT2D eigenvalue weighted by molar-refractivity contribution is -0.124. The first kappa shape index (κ1) is 13.1. The smallest absolute Gasteiger partial charge is 0.234 e. The average Bonchev–Trinajstić information content (AvgIpc) is 2.34. The lowest BCUT2D eigenvalue weighted by Crippen LogP contribution is -2.53. The van der Waals surface area contributed by atoms with Crippen LogP contribution in [-0.2, 0) is 11.2 Å². The van der Waals surface area contributed by atoms with E-state index in [-0.39, 0.29) is 12.0 Å². The van der Waals surface area contributed by atoms with Crippen molar-refractivity contribution in [2.45, 2.75) is 18.9 Å². The van der Waals surface area contributed by atoms with E-state index in [2.05, 4.69) is 17.4 Å². The zero-order valence-electron chi connectivity index (χ0n) is 10.5. The van der Waals surface area contributed by atoms with Crippen LogP contribution in [0, 0.1) is 0 Å². The second-order valence-electron chi connectivity index (χ2n) is 4.79. The molecular formula is C14H20N2O2. The molecule has 0 bridgehead atoms. The lowest BCUT2D eigenvalue weighted by Gasteiger charge is -2.35. The molecule has 98 valence electrons. The number of β-amino-alcohol motifs (C(OH)–C–C–N with tert-alkyl or cyclic N) is 1. The minimum Gasteiger partial charge on any atom is -0.390 e. The number of aryl methyl sites for hydroxylation is 1. The summed E-state index contributed by atoms with van der Waals surface area (Å²) in [5.74, 6) is 0.0509. The highest BCUT2D eigenvalue weighted by Gasteiger charge is 2.25. The summed E-state index contributed by atoms with van der Waals surface area (Å²) in [5.41, 5.74) is 1.30. The number of nitrogens with one attached hydrogen (secondary N) is 1. The predicted molar refractivity (Wildman–Crippen MR) is 70.2 cm³/mol. The van der Waals surface area contributed by atoms with Crippen LogP contribution in [0.1, 0.15) is 12.0 Å². The molecule has 0 aromatic heterocycles. The Morgan fingerprint density at radius 3 is 2.72 bits per heavy atom. The third-order valence-corrected chi connectivity index (χ3v) is 3.11. The van der Waals surface area contributed by atoms with Crippen LogP contribution in [0.25, 0.3) is 0 Å². The van der Waals surface area contributed by atoms with Gasteiger partial charge in [-0.05, 0) is 18.4 Å². The Balaban J connectivity index is 1.54. The Kier molecular flexibility index (Phi) is 4.73. The molecule has 1 saturated heterocycles. The van der Waals surface area contributed by atoms with E-state index in [0.717, 1.165) is 12.8 Å². The minimum atomic E-state index is -0.240. The van der Waals surface area contributed by atoms with Crippen molar-refractivity contribution in [3.05, 3.63) is 35.9 Å². The number of hydrogen-bond donors (Lipinski definition) is 2. The summed E-state index contributed by atoms with van der Waals surface area (Å²) in [7, 11) is 0. The van der Waals surface area contributed by atoms with Gasteiger partial charge in [0.25, 0.3) is 0 Å². The minimum absolute atomic E-state index is 0.0509. The molecule has 1 heterocycles. The summed E-state index contributed by atoms with van der Waals surface area (Å²) in [5, 5.41) is 12.0. The van der Waals surface area contributed by atoms with Crippen LogP contribution in [0.4, 0.5) is 0 Å². The maximum Gasteiger partial charge on any atom is 0.234 e. The molecule has 1 aromatic rings. The summed E-state index contributed by atoms with van der Waals surface area (Å²) in [6, 6.07) is 10.3. The van der Waals surface area contributed by atoms with Crippen molar-refractivity contribution in [1.82, 2.24) is 10.2 Å². The van der Waals surface area contributed by atoms with E-state index in [0.29, 0.717) is 26.2 Å². The summed E-state index contributed by atoms with van der Waals surface area (Å²) in [6.07, 6.45) is 1.71. The number of nitrogens with zero attached hydrogens (tertiary/aromatic N) is 1. The maximum atomic E-state index is 11.5. The number of likely N-dealkylation sites (tertiary alicyclic amines) is 1. The SMILES string of the molecule is O=C(CN1CC(O)C1)NCCCc1ccccc1. The van der Waals surface area contributed by atoms with Crippen LogP contribution in [0.5, 0.6) is 0 Å². The summed E-state index contributed by atoms with van der Waals surface area (Å²) < 4.78 is 0. The molecule has 0 spiro atoms. The number of benzene rings is 1. The molecule has 4 nitrogen and oxygen atoms in total. The van der Waals surface area contributed by atoms with Gasteiger partial charge in [0.2, 0.25) is 5.91 Å². The van der Waals surface area contributed by atoms with Gasteiger partial charge in [0.1, 0.15) is 0 Å². The first-order chi connectivity index (χ1) is 8.74. The van der Waals surface area contributed by atoms with E-state index < -0.39 is 0 Å². The normalized spacial score (nSPS) is 16.3. The highest BCUT2D eigenvalue weighted by atomic mass is 16.3. The second-order valence-corrected chi connectivity index (χ2v) is 4.79. The van der Waals surface area contributed by atoms with E-state index in [4.69, 9.17) is 5.11 Å². The Hall–Kier alpha value is -1.39. The molecule has 1 aromatic carbocycles. The zero-order chi connectivity index (χ0) is 12.8. The molecule has 2 rings (SSSR count). The van der Waals surface area contributed by atoms with Gasteiger partial charge in [-0.25, -0.2) is 0 Å². The monoisotopic (exact) mass is 248 g/mol. The third kappa shape index (κ3) is 4.13. The van der Waals surface area contributed by atoms with Crippen molar-refractivity contribution < 1.29 is 9.90 Å². The van der Waals surface area contributed by atoms with Crippen LogP contribution in [0.3, 0.4) is 0 Å². The summed E-state index contributed by atoms with van der Waals surface area (Å²) in [4.78, 5) is 13.5. The highest BCUT2D eigenvalue weighted by Crippen LogP contribution is 2.05. The molecule has 4 heteroatoms. The van der Waals surface area contributed by atoms with Crippen LogP contribution in [0.2, 0.25) is 0 Å². The fraction of sp³-hybridized carbons (Fsp3) is 0.500. The summed E-state index contributed by atoms with van der Waals surface area (Å²) in [6.45, 7) is 2.36. The van der Waals surface area contributed by atoms with Crippen molar-refractivity contribution >= 4 is 5.91 Å². The topological polar surface area (TPSA) is 52.6 Å². The van der Waals surface area contributed by atoms with Gasteiger partial charge in [-0.1, -0.05) is 30.3 Å². The molecule has 0 radical (unpaired) electrons. The number of carbonyl (C=O) groups excluding carboxylic acids is 1. The molecular weight excluding hydrogens is 228 g/mol. The Bertz CT molecular complexity index is 375. The first-order valence-electron chi connectivity index (χ1n) is 6.45. The van der Waals surface area contributed by atoms with E-state index in [1.165, 1.54) is 5.56 Å². The molecule has 1 aliphatic heterocycles. The van der Waals surface area contributed by atoms with Gasteiger partial charge < -0.3 is 10.4 Å². The molecule has 1 fully saturated rings. The van der Waals surface area contributed by atoms with E-state index in [1.807, 2.05) is 23.1 Å². The van der Waals surface area contributed by atoms with Gasteiger partial charge in [-0.2, -0.15) is 0 Å². The quantitative estimate of drug-likeness (QED) is 0.717. The molecule has 0 aliphatic carbocycles. The lowest BCUT2D eigenvalue weighted by atomic mass is 10.1. The zero-order valence-corrected chi connectivity index (χ0v) is 10.5. The number of aliphatic hydroxyl groups is 1.